The minimum Gasteiger partial charge on any atom is -0.497 e. The van der Waals surface area contributed by atoms with E-state index < -0.39 is 5.60 Å². The predicted octanol–water partition coefficient (Wildman–Crippen LogP) is 4.29. The molecule has 2 heterocycles. The highest BCUT2D eigenvalue weighted by molar-refractivity contribution is 7.11. The molecule has 164 valence electrons. The predicted molar refractivity (Wildman–Crippen MR) is 118 cm³/mol. The van der Waals surface area contributed by atoms with E-state index in [9.17, 15) is 9.90 Å². The molecule has 0 bridgehead atoms. The summed E-state index contributed by atoms with van der Waals surface area (Å²) in [4.78, 5) is 20.0. The van der Waals surface area contributed by atoms with Crippen LogP contribution in [0.1, 0.15) is 55.1 Å². The van der Waals surface area contributed by atoms with Crippen molar-refractivity contribution < 1.29 is 19.4 Å². The van der Waals surface area contributed by atoms with Gasteiger partial charge in [-0.05, 0) is 49.9 Å². The van der Waals surface area contributed by atoms with Gasteiger partial charge in [-0.3, -0.25) is 4.79 Å². The third kappa shape index (κ3) is 5.52. The minimum absolute atomic E-state index is 0.179. The van der Waals surface area contributed by atoms with E-state index in [-0.39, 0.29) is 5.91 Å². The fourth-order valence-electron chi connectivity index (χ4n) is 3.64. The number of aromatic nitrogens is 1. The summed E-state index contributed by atoms with van der Waals surface area (Å²) < 4.78 is 11.1. The largest absolute Gasteiger partial charge is 0.497 e. The molecule has 1 aliphatic heterocycles. The zero-order chi connectivity index (χ0) is 21.7. The number of carbonyl (C=O) groups is 1. The maximum Gasteiger partial charge on any atom is 0.222 e. The summed E-state index contributed by atoms with van der Waals surface area (Å²) in [6.45, 7) is 7.74. The van der Waals surface area contributed by atoms with Crippen LogP contribution in [-0.2, 0) is 17.0 Å². The highest BCUT2D eigenvalue weighted by Gasteiger charge is 2.36. The third-order valence-corrected chi connectivity index (χ3v) is 6.79. The van der Waals surface area contributed by atoms with Gasteiger partial charge in [-0.1, -0.05) is 13.8 Å². The molecule has 0 aliphatic carbocycles. The van der Waals surface area contributed by atoms with Gasteiger partial charge in [0.1, 0.15) is 28.7 Å². The second-order valence-corrected chi connectivity index (χ2v) is 9.44. The molecule has 3 rings (SSSR count). The van der Waals surface area contributed by atoms with Crippen molar-refractivity contribution in [3.63, 3.8) is 0 Å². The fraction of sp³-hybridized carbons (Fsp3) is 0.565. The summed E-state index contributed by atoms with van der Waals surface area (Å²) >= 11 is 1.51. The normalized spacial score (nSPS) is 19.6. The third-order valence-electron chi connectivity index (χ3n) is 5.47. The van der Waals surface area contributed by atoms with Crippen LogP contribution in [0.2, 0.25) is 0 Å². The molecule has 7 heteroatoms. The number of thiazole rings is 1. The average Bonchev–Trinajstić information content (AvgIpc) is 2.97. The first-order valence-corrected chi connectivity index (χ1v) is 11.4. The summed E-state index contributed by atoms with van der Waals surface area (Å²) in [5.41, 5.74) is -0.102. The van der Waals surface area contributed by atoms with Crippen molar-refractivity contribution in [3.05, 3.63) is 39.8 Å². The summed E-state index contributed by atoms with van der Waals surface area (Å²) in [7, 11) is 1.63. The van der Waals surface area contributed by atoms with E-state index in [0.29, 0.717) is 44.9 Å². The molecule has 0 radical (unpaired) electrons. The smallest absolute Gasteiger partial charge is 0.222 e. The lowest BCUT2D eigenvalue weighted by molar-refractivity contribution is -0.132. The van der Waals surface area contributed by atoms with Gasteiger partial charge in [0.15, 0.2) is 0 Å². The van der Waals surface area contributed by atoms with Gasteiger partial charge < -0.3 is 19.5 Å². The van der Waals surface area contributed by atoms with Gasteiger partial charge in [0.05, 0.1) is 17.7 Å². The zero-order valence-corrected chi connectivity index (χ0v) is 19.1. The van der Waals surface area contributed by atoms with Crippen LogP contribution < -0.4 is 9.47 Å². The first-order valence-electron chi connectivity index (χ1n) is 10.5. The molecule has 1 saturated heterocycles. The molecule has 30 heavy (non-hydrogen) atoms. The lowest BCUT2D eigenvalue weighted by Crippen LogP contribution is -2.34. The molecular formula is C23H32N2O4S. The number of benzene rings is 1. The monoisotopic (exact) mass is 432 g/mol. The van der Waals surface area contributed by atoms with E-state index in [0.717, 1.165) is 33.5 Å². The van der Waals surface area contributed by atoms with Crippen LogP contribution in [0.5, 0.6) is 11.5 Å². The number of ether oxygens (including phenoxy) is 2. The first kappa shape index (κ1) is 22.6. The molecule has 1 atom stereocenters. The van der Waals surface area contributed by atoms with Crippen LogP contribution in [0.3, 0.4) is 0 Å². The number of aryl methyl sites for hydroxylation is 1. The number of rotatable bonds is 7. The number of aliphatic hydroxyl groups is 1. The lowest BCUT2D eigenvalue weighted by Gasteiger charge is -2.25. The van der Waals surface area contributed by atoms with Crippen LogP contribution in [0.4, 0.5) is 0 Å². The minimum atomic E-state index is -0.985. The van der Waals surface area contributed by atoms with E-state index >= 15 is 0 Å². The van der Waals surface area contributed by atoms with Gasteiger partial charge in [0.25, 0.3) is 0 Å². The Labute approximate surface area is 182 Å². The number of methoxy groups -OCH3 is 1. The first-order chi connectivity index (χ1) is 14.3. The quantitative estimate of drug-likeness (QED) is 0.707. The Kier molecular flexibility index (Phi) is 7.36. The van der Waals surface area contributed by atoms with Gasteiger partial charge in [0.2, 0.25) is 5.91 Å². The molecule has 1 aromatic heterocycles. The molecule has 1 amide bonds. The molecule has 1 fully saturated rings. The van der Waals surface area contributed by atoms with E-state index in [1.54, 1.807) is 7.11 Å². The number of carbonyl (C=O) groups excluding carboxylic acids is 1. The Morgan fingerprint density at radius 2 is 1.93 bits per heavy atom. The number of hydrogen-bond acceptors (Lipinski definition) is 6. The van der Waals surface area contributed by atoms with Crippen molar-refractivity contribution in [1.82, 2.24) is 9.88 Å². The second-order valence-electron chi connectivity index (χ2n) is 8.36. The van der Waals surface area contributed by atoms with E-state index in [4.69, 9.17) is 9.47 Å². The maximum atomic E-state index is 12.4. The number of nitrogens with zero attached hydrogens (tertiary/aromatic N) is 2. The topological polar surface area (TPSA) is 71.9 Å². The number of amides is 1. The molecular weight excluding hydrogens is 400 g/mol. The molecule has 1 aromatic carbocycles. The molecule has 0 spiro atoms. The van der Waals surface area contributed by atoms with Gasteiger partial charge in [-0.15, -0.1) is 11.3 Å². The van der Waals surface area contributed by atoms with Crippen molar-refractivity contribution >= 4 is 17.2 Å². The van der Waals surface area contributed by atoms with E-state index in [1.165, 1.54) is 11.3 Å². The highest BCUT2D eigenvalue weighted by Crippen LogP contribution is 2.37. The summed E-state index contributed by atoms with van der Waals surface area (Å²) in [6, 6.07) is 7.47. The van der Waals surface area contributed by atoms with Crippen LogP contribution in [0.15, 0.2) is 24.3 Å². The maximum absolute atomic E-state index is 12.4. The molecule has 1 N–H and O–H groups in total. The Morgan fingerprint density at radius 1 is 1.23 bits per heavy atom. The molecule has 1 aliphatic rings. The SMILES string of the molecule is COc1ccc(OCc2sc([C@@]3(O)CCCN(C(=O)CC(C)C)CC3)nc2C)cc1. The average molecular weight is 433 g/mol. The molecule has 0 saturated carbocycles. The molecule has 2 aromatic rings. The van der Waals surface area contributed by atoms with Crippen molar-refractivity contribution in [2.24, 2.45) is 5.92 Å². The van der Waals surface area contributed by atoms with Crippen LogP contribution >= 0.6 is 11.3 Å². The Hall–Kier alpha value is -2.12. The molecule has 0 unspecified atom stereocenters. The van der Waals surface area contributed by atoms with Crippen molar-refractivity contribution in [2.75, 3.05) is 20.2 Å². The summed E-state index contributed by atoms with van der Waals surface area (Å²) in [5.74, 6) is 2.07. The van der Waals surface area contributed by atoms with Crippen LogP contribution in [-0.4, -0.2) is 41.1 Å². The van der Waals surface area contributed by atoms with E-state index in [1.807, 2.05) is 36.1 Å². The standard InChI is InChI=1S/C23H32N2O4S/c1-16(2)14-21(26)25-12-5-10-23(27,11-13-25)22-24-17(3)20(30-22)15-29-19-8-6-18(28-4)7-9-19/h6-9,16,27H,5,10-15H2,1-4H3/t23-/m1/s1. The van der Waals surface area contributed by atoms with Gasteiger partial charge >= 0.3 is 0 Å². The van der Waals surface area contributed by atoms with E-state index in [2.05, 4.69) is 18.8 Å². The Bertz CT molecular complexity index is 849. The van der Waals surface area contributed by atoms with Crippen LogP contribution in [0.25, 0.3) is 0 Å². The second kappa shape index (κ2) is 9.79. The summed E-state index contributed by atoms with van der Waals surface area (Å²) in [5, 5.41) is 12.1. The highest BCUT2D eigenvalue weighted by atomic mass is 32.1. The van der Waals surface area contributed by atoms with Crippen molar-refractivity contribution in [3.8, 4) is 11.5 Å². The van der Waals surface area contributed by atoms with Gasteiger partial charge in [-0.25, -0.2) is 4.98 Å². The van der Waals surface area contributed by atoms with Crippen LogP contribution in [0, 0.1) is 12.8 Å². The summed E-state index contributed by atoms with van der Waals surface area (Å²) in [6.07, 6.45) is 2.46. The lowest BCUT2D eigenvalue weighted by atomic mass is 9.96. The number of hydrogen-bond donors (Lipinski definition) is 1. The Balaban J connectivity index is 1.64. The zero-order valence-electron chi connectivity index (χ0n) is 18.3. The van der Waals surface area contributed by atoms with Gasteiger partial charge in [0, 0.05) is 25.9 Å². The van der Waals surface area contributed by atoms with Crippen molar-refractivity contribution in [2.45, 2.75) is 58.7 Å². The fourth-order valence-corrected chi connectivity index (χ4v) is 4.76. The molecule has 6 nitrogen and oxygen atoms in total. The van der Waals surface area contributed by atoms with Crippen molar-refractivity contribution in [1.29, 1.82) is 0 Å². The van der Waals surface area contributed by atoms with Gasteiger partial charge in [-0.2, -0.15) is 0 Å². The Morgan fingerprint density at radius 3 is 2.60 bits per heavy atom. The number of likely N-dealkylation sites (tertiary alicyclic amines) is 1.